The van der Waals surface area contributed by atoms with E-state index in [-0.39, 0.29) is 11.1 Å². The minimum atomic E-state index is -1.05. The molecule has 2 heterocycles. The predicted molar refractivity (Wildman–Crippen MR) is 90.6 cm³/mol. The normalized spacial score (nSPS) is 11.7. The largest absolute Gasteiger partial charge is 0.496 e. The Balaban J connectivity index is 2.29. The summed E-state index contributed by atoms with van der Waals surface area (Å²) in [5.74, 6) is -0.414. The van der Waals surface area contributed by atoms with Crippen molar-refractivity contribution in [2.24, 2.45) is 0 Å². The molecule has 6 nitrogen and oxygen atoms in total. The number of carboxylic acids is 1. The van der Waals surface area contributed by atoms with Crippen LogP contribution in [-0.2, 0) is 5.41 Å². The minimum Gasteiger partial charge on any atom is -0.496 e. The average molecular weight is 325 g/mol. The zero-order valence-electron chi connectivity index (χ0n) is 14.1. The zero-order valence-corrected chi connectivity index (χ0v) is 14.1. The summed E-state index contributed by atoms with van der Waals surface area (Å²) in [6.07, 6.45) is 0. The van der Waals surface area contributed by atoms with Crippen LogP contribution < -0.4 is 4.74 Å². The highest BCUT2D eigenvalue weighted by Crippen LogP contribution is 2.30. The van der Waals surface area contributed by atoms with Crippen molar-refractivity contribution in [3.05, 3.63) is 47.8 Å². The van der Waals surface area contributed by atoms with Crippen LogP contribution in [0.25, 0.3) is 16.9 Å². The summed E-state index contributed by atoms with van der Waals surface area (Å²) in [6, 6.07) is 10.7. The number of ether oxygens (including phenoxy) is 1. The number of nitrogens with zero attached hydrogens (tertiary/aromatic N) is 3. The third-order valence-electron chi connectivity index (χ3n) is 3.80. The number of hydrogen-bond donors (Lipinski definition) is 1. The van der Waals surface area contributed by atoms with Crippen LogP contribution >= 0.6 is 0 Å². The second-order valence-corrected chi connectivity index (χ2v) is 6.58. The van der Waals surface area contributed by atoms with Crippen LogP contribution in [-0.4, -0.2) is 32.8 Å². The van der Waals surface area contributed by atoms with Gasteiger partial charge in [-0.05, 0) is 18.2 Å². The number of hydrogen-bond acceptors (Lipinski definition) is 4. The summed E-state index contributed by atoms with van der Waals surface area (Å²) in [5, 5.41) is 14.0. The minimum absolute atomic E-state index is 0.0661. The number of aromatic carboxylic acids is 1. The third kappa shape index (κ3) is 2.71. The van der Waals surface area contributed by atoms with E-state index in [4.69, 9.17) is 4.74 Å². The highest BCUT2D eigenvalue weighted by atomic mass is 16.5. The van der Waals surface area contributed by atoms with Gasteiger partial charge in [-0.3, -0.25) is 0 Å². The zero-order chi connectivity index (χ0) is 17.5. The molecule has 0 amide bonds. The topological polar surface area (TPSA) is 76.7 Å². The molecule has 0 spiro atoms. The van der Waals surface area contributed by atoms with E-state index in [1.54, 1.807) is 7.11 Å². The Labute approximate surface area is 139 Å². The third-order valence-corrected chi connectivity index (χ3v) is 3.80. The molecule has 124 valence electrons. The molecule has 24 heavy (non-hydrogen) atoms. The summed E-state index contributed by atoms with van der Waals surface area (Å²) in [4.78, 5) is 16.3. The maximum atomic E-state index is 11.7. The lowest BCUT2D eigenvalue weighted by Crippen LogP contribution is -2.13. The van der Waals surface area contributed by atoms with Gasteiger partial charge in [0.05, 0.1) is 18.5 Å². The number of carbonyl (C=O) groups is 1. The van der Waals surface area contributed by atoms with Gasteiger partial charge in [-0.15, -0.1) is 0 Å². The fraction of sp³-hybridized carbons (Fsp3) is 0.278. The first kappa shape index (κ1) is 16.0. The molecule has 3 aromatic rings. The summed E-state index contributed by atoms with van der Waals surface area (Å²) in [6.45, 7) is 6.07. The molecule has 2 aromatic heterocycles. The number of methoxy groups -OCH3 is 1. The van der Waals surface area contributed by atoms with Gasteiger partial charge >= 0.3 is 5.97 Å². The van der Waals surface area contributed by atoms with Crippen molar-refractivity contribution in [3.63, 3.8) is 0 Å². The molecule has 0 unspecified atom stereocenters. The lowest BCUT2D eigenvalue weighted by atomic mass is 9.93. The molecular weight excluding hydrogens is 306 g/mol. The van der Waals surface area contributed by atoms with Gasteiger partial charge in [0.2, 0.25) is 0 Å². The first-order valence-electron chi connectivity index (χ1n) is 7.59. The van der Waals surface area contributed by atoms with Crippen molar-refractivity contribution in [2.75, 3.05) is 7.11 Å². The van der Waals surface area contributed by atoms with E-state index >= 15 is 0 Å². The second-order valence-electron chi connectivity index (χ2n) is 6.58. The van der Waals surface area contributed by atoms with E-state index in [9.17, 15) is 9.90 Å². The van der Waals surface area contributed by atoms with Crippen LogP contribution in [0.15, 0.2) is 36.4 Å². The van der Waals surface area contributed by atoms with Crippen LogP contribution in [0.5, 0.6) is 5.75 Å². The number of rotatable bonds is 3. The fourth-order valence-corrected chi connectivity index (χ4v) is 2.49. The monoisotopic (exact) mass is 325 g/mol. The summed E-state index contributed by atoms with van der Waals surface area (Å²) >= 11 is 0. The van der Waals surface area contributed by atoms with Crippen LogP contribution in [0.4, 0.5) is 0 Å². The molecule has 1 N–H and O–H groups in total. The first-order valence-corrected chi connectivity index (χ1v) is 7.59. The molecule has 6 heteroatoms. The molecule has 1 aromatic carbocycles. The lowest BCUT2D eigenvalue weighted by Gasteiger charge is -2.13. The van der Waals surface area contributed by atoms with E-state index in [0.717, 1.165) is 11.3 Å². The van der Waals surface area contributed by atoms with E-state index in [1.165, 1.54) is 10.6 Å². The molecule has 0 bridgehead atoms. The SMILES string of the molecule is COc1ccccc1-c1cc(C(=O)O)n2nc(C(C)(C)C)cc2n1. The van der Waals surface area contributed by atoms with Gasteiger partial charge < -0.3 is 9.84 Å². The molecular formula is C18H19N3O3. The Morgan fingerprint density at radius 1 is 1.21 bits per heavy atom. The Morgan fingerprint density at radius 3 is 2.54 bits per heavy atom. The maximum Gasteiger partial charge on any atom is 0.354 e. The summed E-state index contributed by atoms with van der Waals surface area (Å²) in [7, 11) is 1.58. The highest BCUT2D eigenvalue weighted by molar-refractivity contribution is 5.88. The Morgan fingerprint density at radius 2 is 1.92 bits per heavy atom. The Hall–Kier alpha value is -2.89. The Bertz CT molecular complexity index is 923. The quantitative estimate of drug-likeness (QED) is 0.798. The van der Waals surface area contributed by atoms with Gasteiger partial charge in [-0.25, -0.2) is 14.3 Å². The first-order chi connectivity index (χ1) is 11.3. The van der Waals surface area contributed by atoms with Crippen molar-refractivity contribution in [2.45, 2.75) is 26.2 Å². The predicted octanol–water partition coefficient (Wildman–Crippen LogP) is 3.40. The van der Waals surface area contributed by atoms with Crippen molar-refractivity contribution >= 4 is 11.6 Å². The van der Waals surface area contributed by atoms with E-state index in [0.29, 0.717) is 17.1 Å². The highest BCUT2D eigenvalue weighted by Gasteiger charge is 2.22. The number of fused-ring (bicyclic) bond motifs is 1. The molecule has 3 rings (SSSR count). The fourth-order valence-electron chi connectivity index (χ4n) is 2.49. The van der Waals surface area contributed by atoms with Gasteiger partial charge in [-0.2, -0.15) is 5.10 Å². The van der Waals surface area contributed by atoms with Crippen molar-refractivity contribution in [3.8, 4) is 17.0 Å². The van der Waals surface area contributed by atoms with Crippen LogP contribution in [0.3, 0.4) is 0 Å². The van der Waals surface area contributed by atoms with E-state index < -0.39 is 5.97 Å². The number of para-hydroxylation sites is 1. The van der Waals surface area contributed by atoms with Gasteiger partial charge in [0.1, 0.15) is 5.75 Å². The Kier molecular flexibility index (Phi) is 3.75. The van der Waals surface area contributed by atoms with Crippen molar-refractivity contribution in [1.29, 1.82) is 0 Å². The summed E-state index contributed by atoms with van der Waals surface area (Å²) < 4.78 is 6.74. The second kappa shape index (κ2) is 5.63. The van der Waals surface area contributed by atoms with E-state index in [1.807, 2.05) is 51.1 Å². The molecule has 0 saturated carbocycles. The van der Waals surface area contributed by atoms with Crippen LogP contribution in [0, 0.1) is 0 Å². The van der Waals surface area contributed by atoms with Gasteiger partial charge in [-0.1, -0.05) is 32.9 Å². The lowest BCUT2D eigenvalue weighted by molar-refractivity contribution is 0.0687. The van der Waals surface area contributed by atoms with Crippen LogP contribution in [0.1, 0.15) is 37.0 Å². The maximum absolute atomic E-state index is 11.7. The average Bonchev–Trinajstić information content (AvgIpc) is 2.98. The molecule has 0 aliphatic rings. The number of carboxylic acid groups (broad SMARTS) is 1. The van der Waals surface area contributed by atoms with Crippen LogP contribution in [0.2, 0.25) is 0 Å². The van der Waals surface area contributed by atoms with E-state index in [2.05, 4.69) is 10.1 Å². The standard InChI is InChI=1S/C18H19N3O3/c1-18(2,3)15-10-16-19-12(9-13(17(22)23)21(16)20-15)11-7-5-6-8-14(11)24-4/h5-10H,1-4H3,(H,22,23). The summed E-state index contributed by atoms with van der Waals surface area (Å²) in [5.41, 5.74) is 2.43. The van der Waals surface area contributed by atoms with Crippen molar-refractivity contribution in [1.82, 2.24) is 14.6 Å². The molecule has 0 fully saturated rings. The van der Waals surface area contributed by atoms with Gasteiger partial charge in [0, 0.05) is 17.0 Å². The number of aromatic nitrogens is 3. The molecule has 0 aliphatic heterocycles. The molecule has 0 atom stereocenters. The molecule has 0 radical (unpaired) electrons. The smallest absolute Gasteiger partial charge is 0.354 e. The number of benzene rings is 1. The molecule has 0 aliphatic carbocycles. The molecule has 0 saturated heterocycles. The van der Waals surface area contributed by atoms with Gasteiger partial charge in [0.25, 0.3) is 0 Å². The van der Waals surface area contributed by atoms with Crippen molar-refractivity contribution < 1.29 is 14.6 Å². The van der Waals surface area contributed by atoms with Gasteiger partial charge in [0.15, 0.2) is 11.3 Å².